The lowest BCUT2D eigenvalue weighted by Crippen LogP contribution is -2.58. The molecule has 1 aromatic heterocycles. The lowest BCUT2D eigenvalue weighted by Gasteiger charge is -2.31. The van der Waals surface area contributed by atoms with Crippen molar-refractivity contribution in [2.75, 3.05) is 5.01 Å². The van der Waals surface area contributed by atoms with Crippen molar-refractivity contribution >= 4 is 11.8 Å². The smallest absolute Gasteiger partial charge is 0.273 e. The Hall–Kier alpha value is -2.44. The van der Waals surface area contributed by atoms with E-state index < -0.39 is 6.03 Å². The van der Waals surface area contributed by atoms with Gasteiger partial charge in [-0.15, -0.1) is 0 Å². The Morgan fingerprint density at radius 2 is 2.33 bits per heavy atom. The number of carbonyl (C=O) groups is 1. The van der Waals surface area contributed by atoms with E-state index in [1.807, 2.05) is 11.5 Å². The number of hydrazine groups is 3. The molecule has 0 aromatic carbocycles. The molecule has 0 unspecified atom stereocenters. The van der Waals surface area contributed by atoms with E-state index >= 15 is 0 Å². The normalized spacial score (nSPS) is 13.6. The van der Waals surface area contributed by atoms with Gasteiger partial charge in [0.25, 0.3) is 0 Å². The molecule has 1 aromatic rings. The summed E-state index contributed by atoms with van der Waals surface area (Å²) in [5.41, 5.74) is 2.17. The zero-order valence-electron chi connectivity index (χ0n) is 9.45. The molecule has 0 bridgehead atoms. The summed E-state index contributed by atoms with van der Waals surface area (Å²) in [7, 11) is 0. The average molecular weight is 248 g/mol. The van der Waals surface area contributed by atoms with E-state index in [2.05, 4.69) is 9.97 Å². The maximum absolute atomic E-state index is 11.5. The van der Waals surface area contributed by atoms with Crippen molar-refractivity contribution in [2.24, 2.45) is 11.7 Å². The summed E-state index contributed by atoms with van der Waals surface area (Å²) in [6, 6.07) is 1.30. The largest absolute Gasteiger partial charge is 0.365 e. The third kappa shape index (κ3) is 2.15. The van der Waals surface area contributed by atoms with E-state index in [1.165, 1.54) is 17.5 Å². The molecule has 0 spiro atoms. The molecular weight excluding hydrogens is 236 g/mol. The van der Waals surface area contributed by atoms with Gasteiger partial charge in [0.2, 0.25) is 0 Å². The van der Waals surface area contributed by atoms with Crippen molar-refractivity contribution in [2.45, 2.75) is 18.9 Å². The number of hydrogen-bond acceptors (Lipinski definition) is 7. The molecule has 2 amide bonds. The molecular formula is C9H12N8O. The fraction of sp³-hybridized carbons (Fsp3) is 0.333. The van der Waals surface area contributed by atoms with Crippen LogP contribution in [0.2, 0.25) is 0 Å². The first kappa shape index (κ1) is 12.0. The van der Waals surface area contributed by atoms with Gasteiger partial charge in [0, 0.05) is 0 Å². The Kier molecular flexibility index (Phi) is 3.22. The number of nitriles is 1. The van der Waals surface area contributed by atoms with Gasteiger partial charge >= 0.3 is 6.03 Å². The highest BCUT2D eigenvalue weighted by molar-refractivity contribution is 5.75. The Morgan fingerprint density at radius 3 is 2.89 bits per heavy atom. The first-order valence-electron chi connectivity index (χ1n) is 5.23. The molecule has 94 valence electrons. The van der Waals surface area contributed by atoms with Gasteiger partial charge < -0.3 is 0 Å². The van der Waals surface area contributed by atoms with Crippen molar-refractivity contribution in [3.8, 4) is 6.07 Å². The molecule has 1 saturated carbocycles. The van der Waals surface area contributed by atoms with Gasteiger partial charge in [-0.25, -0.2) is 31.5 Å². The van der Waals surface area contributed by atoms with E-state index in [9.17, 15) is 4.79 Å². The summed E-state index contributed by atoms with van der Waals surface area (Å²) in [6.07, 6.45) is 4.38. The van der Waals surface area contributed by atoms with Crippen molar-refractivity contribution < 1.29 is 4.79 Å². The standard InChI is InChI=1S/C9H12N8O/c10-3-6-4-13-5-14-8(6)16(7-1-2-7)17(12)9(18)15-11/h4-5,7H,1-2,11-12H2,(H,15,18). The number of rotatable bonds is 3. The molecule has 0 aliphatic heterocycles. The maximum atomic E-state index is 11.5. The minimum absolute atomic E-state index is 0.0364. The van der Waals surface area contributed by atoms with E-state index in [0.717, 1.165) is 18.0 Å². The number of nitrogens with zero attached hydrogens (tertiary/aromatic N) is 5. The molecule has 0 atom stereocenters. The topological polar surface area (TPSA) is 137 Å². The molecule has 1 aliphatic carbocycles. The predicted molar refractivity (Wildman–Crippen MR) is 61.0 cm³/mol. The zero-order chi connectivity index (χ0) is 13.1. The summed E-state index contributed by atoms with van der Waals surface area (Å²) in [4.78, 5) is 19.2. The number of hydrogen-bond donors (Lipinski definition) is 3. The predicted octanol–water partition coefficient (Wildman–Crippen LogP) is -1.01. The van der Waals surface area contributed by atoms with Crippen LogP contribution in [0.5, 0.6) is 0 Å². The number of nitrogens with two attached hydrogens (primary N) is 2. The van der Waals surface area contributed by atoms with E-state index in [0.29, 0.717) is 5.82 Å². The van der Waals surface area contributed by atoms with Crippen LogP contribution in [-0.4, -0.2) is 27.2 Å². The summed E-state index contributed by atoms with van der Waals surface area (Å²) in [6.45, 7) is 0. The average Bonchev–Trinajstić information content (AvgIpc) is 3.23. The van der Waals surface area contributed by atoms with Crippen LogP contribution in [0.4, 0.5) is 10.6 Å². The van der Waals surface area contributed by atoms with Gasteiger partial charge in [0.15, 0.2) is 5.82 Å². The molecule has 2 rings (SSSR count). The second-order valence-electron chi connectivity index (χ2n) is 3.74. The molecule has 5 N–H and O–H groups in total. The van der Waals surface area contributed by atoms with Crippen molar-refractivity contribution in [3.05, 3.63) is 18.1 Å². The van der Waals surface area contributed by atoms with Crippen molar-refractivity contribution in [1.29, 1.82) is 5.26 Å². The quantitative estimate of drug-likeness (QED) is 0.354. The fourth-order valence-electron chi connectivity index (χ4n) is 1.52. The van der Waals surface area contributed by atoms with Crippen LogP contribution in [0.15, 0.2) is 12.5 Å². The van der Waals surface area contributed by atoms with E-state index in [4.69, 9.17) is 16.9 Å². The molecule has 0 saturated heterocycles. The highest BCUT2D eigenvalue weighted by Gasteiger charge is 2.36. The van der Waals surface area contributed by atoms with Crippen LogP contribution in [0.25, 0.3) is 0 Å². The summed E-state index contributed by atoms with van der Waals surface area (Å²) < 4.78 is 0. The van der Waals surface area contributed by atoms with Gasteiger partial charge in [-0.1, -0.05) is 0 Å². The van der Waals surface area contributed by atoms with Crippen LogP contribution in [0.3, 0.4) is 0 Å². The molecule has 0 radical (unpaired) electrons. The lowest BCUT2D eigenvalue weighted by molar-refractivity contribution is 0.191. The second-order valence-corrected chi connectivity index (χ2v) is 3.74. The summed E-state index contributed by atoms with van der Waals surface area (Å²) in [5, 5.41) is 11.3. The van der Waals surface area contributed by atoms with Crippen molar-refractivity contribution in [1.82, 2.24) is 20.5 Å². The second kappa shape index (κ2) is 4.82. The van der Waals surface area contributed by atoms with Crippen LogP contribution >= 0.6 is 0 Å². The zero-order valence-corrected chi connectivity index (χ0v) is 9.45. The Bertz CT molecular complexity index is 494. The SMILES string of the molecule is N#Cc1cncnc1N(C1CC1)N(N)C(=O)NN. The van der Waals surface area contributed by atoms with Crippen LogP contribution < -0.4 is 22.1 Å². The van der Waals surface area contributed by atoms with Gasteiger partial charge in [-0.3, -0.25) is 5.43 Å². The van der Waals surface area contributed by atoms with E-state index in [1.54, 1.807) is 0 Å². The minimum atomic E-state index is -0.690. The molecule has 1 fully saturated rings. The first-order chi connectivity index (χ1) is 8.69. The Balaban J connectivity index is 2.36. The van der Waals surface area contributed by atoms with Gasteiger partial charge in [-0.05, 0) is 12.8 Å². The summed E-state index contributed by atoms with van der Waals surface area (Å²) >= 11 is 0. The minimum Gasteiger partial charge on any atom is -0.273 e. The third-order valence-electron chi connectivity index (χ3n) is 2.49. The maximum Gasteiger partial charge on any atom is 0.365 e. The van der Waals surface area contributed by atoms with Crippen molar-refractivity contribution in [3.63, 3.8) is 0 Å². The number of nitrogens with one attached hydrogen (secondary N) is 1. The highest BCUT2D eigenvalue weighted by atomic mass is 16.2. The highest BCUT2D eigenvalue weighted by Crippen LogP contribution is 2.32. The molecule has 9 nitrogen and oxygen atoms in total. The Morgan fingerprint density at radius 1 is 1.61 bits per heavy atom. The van der Waals surface area contributed by atoms with Crippen LogP contribution in [-0.2, 0) is 0 Å². The monoisotopic (exact) mass is 248 g/mol. The molecule has 18 heavy (non-hydrogen) atoms. The molecule has 1 aliphatic rings. The lowest BCUT2D eigenvalue weighted by atomic mass is 10.3. The number of aromatic nitrogens is 2. The van der Waals surface area contributed by atoms with Gasteiger partial charge in [-0.2, -0.15) is 10.4 Å². The Labute approximate surface area is 103 Å². The van der Waals surface area contributed by atoms with Crippen LogP contribution in [0, 0.1) is 11.3 Å². The number of urea groups is 1. The third-order valence-corrected chi connectivity index (χ3v) is 2.49. The summed E-state index contributed by atoms with van der Waals surface area (Å²) in [5.74, 6) is 11.0. The van der Waals surface area contributed by atoms with Gasteiger partial charge in [0.05, 0.1) is 12.2 Å². The number of anilines is 1. The number of amides is 2. The van der Waals surface area contributed by atoms with Gasteiger partial charge in [0.1, 0.15) is 18.0 Å². The molecule has 1 heterocycles. The number of carbonyl (C=O) groups excluding carboxylic acids is 1. The fourth-order valence-corrected chi connectivity index (χ4v) is 1.52. The first-order valence-corrected chi connectivity index (χ1v) is 5.23. The molecule has 9 heteroatoms. The van der Waals surface area contributed by atoms with E-state index in [-0.39, 0.29) is 11.6 Å². The van der Waals surface area contributed by atoms with Crippen LogP contribution in [0.1, 0.15) is 18.4 Å².